The topological polar surface area (TPSA) is 112 Å². The smallest absolute Gasteiger partial charge is 0.407 e. The fourth-order valence-corrected chi connectivity index (χ4v) is 12.3. The van der Waals surface area contributed by atoms with Crippen LogP contribution in [0.2, 0.25) is 0 Å². The van der Waals surface area contributed by atoms with Crippen molar-refractivity contribution in [3.63, 3.8) is 0 Å². The molecule has 2 aromatic carbocycles. The first kappa shape index (κ1) is 40.7. The molecule has 1 saturated carbocycles. The first-order chi connectivity index (χ1) is 27.0. The van der Waals surface area contributed by atoms with Crippen LogP contribution in [-0.2, 0) is 29.5 Å². The molecule has 0 spiro atoms. The molecule has 0 radical (unpaired) electrons. The Kier molecular flexibility index (Phi) is 12.4. The molecule has 1 aliphatic carbocycles. The van der Waals surface area contributed by atoms with Crippen molar-refractivity contribution >= 4 is 27.5 Å². The molecule has 1 N–H and O–H groups in total. The summed E-state index contributed by atoms with van der Waals surface area (Å²) in [7, 11) is -0.313. The van der Waals surface area contributed by atoms with Crippen LogP contribution in [0.1, 0.15) is 56.9 Å². The normalized spacial score (nSPS) is 25.8. The highest BCUT2D eigenvalue weighted by molar-refractivity contribution is 7.91. The number of carbonyl (C=O) groups is 2. The fourth-order valence-electron chi connectivity index (χ4n) is 10.7. The first-order valence-electron chi connectivity index (χ1n) is 20.6. The Hall–Kier alpha value is -3.52. The van der Waals surface area contributed by atoms with Crippen LogP contribution in [0.15, 0.2) is 66.1 Å². The number of methoxy groups -OCH3 is 2. The number of anilines is 1. The molecule has 11 nitrogen and oxygen atoms in total. The summed E-state index contributed by atoms with van der Waals surface area (Å²) in [6.45, 7) is 11.6. The van der Waals surface area contributed by atoms with E-state index in [1.54, 1.807) is 30.2 Å². The first-order valence-corrected chi connectivity index (χ1v) is 22.2. The predicted octanol–water partition coefficient (Wildman–Crippen LogP) is 5.11. The van der Waals surface area contributed by atoms with E-state index in [-0.39, 0.29) is 46.4 Å². The summed E-state index contributed by atoms with van der Waals surface area (Å²) in [5.74, 6) is 0.0364. The monoisotopic (exact) mass is 793 g/mol. The summed E-state index contributed by atoms with van der Waals surface area (Å²) in [6.07, 6.45) is 8.45. The minimum absolute atomic E-state index is 0.0215. The molecule has 2 amide bonds. The number of sulfone groups is 1. The van der Waals surface area contributed by atoms with Crippen LogP contribution in [0.4, 0.5) is 14.9 Å². The molecular weight excluding hydrogens is 734 g/mol. The van der Waals surface area contributed by atoms with E-state index < -0.39 is 15.9 Å². The van der Waals surface area contributed by atoms with E-state index in [9.17, 15) is 18.0 Å². The molecule has 0 aromatic heterocycles. The van der Waals surface area contributed by atoms with Crippen molar-refractivity contribution in [3.05, 3.63) is 72.6 Å². The highest BCUT2D eigenvalue weighted by atomic mass is 32.2. The van der Waals surface area contributed by atoms with E-state index >= 15 is 4.39 Å². The Morgan fingerprint density at radius 1 is 0.946 bits per heavy atom. The summed E-state index contributed by atoms with van der Waals surface area (Å²) in [5.41, 5.74) is 1.36. The summed E-state index contributed by atoms with van der Waals surface area (Å²) < 4.78 is 53.1. The Morgan fingerprint density at radius 2 is 1.70 bits per heavy atom. The average Bonchev–Trinajstić information content (AvgIpc) is 3.64. The predicted molar refractivity (Wildman–Crippen MR) is 215 cm³/mol. The van der Waals surface area contributed by atoms with E-state index in [0.717, 1.165) is 95.5 Å². The molecule has 5 fully saturated rings. The van der Waals surface area contributed by atoms with Crippen LogP contribution >= 0.6 is 0 Å². The number of ether oxygens (including phenoxy) is 2. The van der Waals surface area contributed by atoms with Gasteiger partial charge in [-0.25, -0.2) is 17.6 Å². The van der Waals surface area contributed by atoms with Crippen LogP contribution in [0.3, 0.4) is 0 Å². The van der Waals surface area contributed by atoms with Gasteiger partial charge in [-0.2, -0.15) is 0 Å². The number of hydrogen-bond acceptors (Lipinski definition) is 9. The largest absolute Gasteiger partial charge is 0.453 e. The maximum absolute atomic E-state index is 15.1. The molecule has 4 atom stereocenters. The zero-order valence-corrected chi connectivity index (χ0v) is 34.0. The molecule has 0 unspecified atom stereocenters. The van der Waals surface area contributed by atoms with Gasteiger partial charge < -0.3 is 34.4 Å². The van der Waals surface area contributed by atoms with Gasteiger partial charge in [0.25, 0.3) is 0 Å². The lowest BCUT2D eigenvalue weighted by molar-refractivity contribution is -0.127. The fraction of sp³-hybridized carbons (Fsp3) is 0.628. The number of piperidine rings is 2. The molecule has 4 saturated heterocycles. The number of hydrogen-bond donors (Lipinski definition) is 1. The van der Waals surface area contributed by atoms with Crippen molar-refractivity contribution < 1.29 is 31.9 Å². The van der Waals surface area contributed by atoms with Crippen molar-refractivity contribution in [2.75, 3.05) is 90.3 Å². The van der Waals surface area contributed by atoms with Crippen LogP contribution in [-0.4, -0.2) is 132 Å². The lowest BCUT2D eigenvalue weighted by Crippen LogP contribution is -2.68. The third-order valence-electron chi connectivity index (χ3n) is 13.7. The molecule has 2 aromatic rings. The van der Waals surface area contributed by atoms with Crippen molar-refractivity contribution in [1.29, 1.82) is 0 Å². The maximum Gasteiger partial charge on any atom is 0.407 e. The van der Waals surface area contributed by atoms with Gasteiger partial charge in [0, 0.05) is 50.4 Å². The van der Waals surface area contributed by atoms with Gasteiger partial charge in [-0.3, -0.25) is 4.79 Å². The summed E-state index contributed by atoms with van der Waals surface area (Å²) in [4.78, 5) is 33.9. The summed E-state index contributed by atoms with van der Waals surface area (Å²) >= 11 is 0. The van der Waals surface area contributed by atoms with Gasteiger partial charge >= 0.3 is 6.09 Å². The van der Waals surface area contributed by atoms with Gasteiger partial charge in [-0.1, -0.05) is 25.1 Å². The molecule has 4 heterocycles. The molecular formula is C43H60FN5O6S. The van der Waals surface area contributed by atoms with Crippen molar-refractivity contribution in [2.24, 2.45) is 17.8 Å². The van der Waals surface area contributed by atoms with E-state index in [2.05, 4.69) is 32.7 Å². The average molecular weight is 794 g/mol. The van der Waals surface area contributed by atoms with Gasteiger partial charge in [-0.05, 0) is 137 Å². The van der Waals surface area contributed by atoms with E-state index in [4.69, 9.17) is 9.47 Å². The lowest BCUT2D eigenvalue weighted by Gasteiger charge is -2.55. The molecule has 5 aliphatic rings. The number of benzene rings is 2. The molecule has 13 heteroatoms. The Morgan fingerprint density at radius 3 is 2.34 bits per heavy atom. The number of nitrogens with zero attached hydrogens (tertiary/aromatic N) is 4. The Bertz CT molecular complexity index is 1810. The lowest BCUT2D eigenvalue weighted by atomic mass is 9.57. The minimum atomic E-state index is -3.51. The van der Waals surface area contributed by atoms with Crippen molar-refractivity contribution in [2.45, 2.75) is 73.3 Å². The number of halogens is 1. The van der Waals surface area contributed by atoms with Crippen LogP contribution in [0.5, 0.6) is 0 Å². The molecule has 306 valence electrons. The zero-order valence-electron chi connectivity index (χ0n) is 33.2. The maximum atomic E-state index is 15.1. The second-order valence-electron chi connectivity index (χ2n) is 17.0. The van der Waals surface area contributed by atoms with Gasteiger partial charge in [0.15, 0.2) is 9.84 Å². The van der Waals surface area contributed by atoms with Crippen LogP contribution < -0.4 is 10.2 Å². The zero-order chi connectivity index (χ0) is 39.5. The second-order valence-corrected chi connectivity index (χ2v) is 19.1. The number of nitrogens with one attached hydrogen (secondary N) is 1. The van der Waals surface area contributed by atoms with Gasteiger partial charge in [0.1, 0.15) is 11.4 Å². The van der Waals surface area contributed by atoms with Crippen LogP contribution in [0, 0.1) is 23.6 Å². The second kappa shape index (κ2) is 17.1. The third kappa shape index (κ3) is 8.51. The number of likely N-dealkylation sites (tertiary alicyclic amines) is 3. The molecule has 56 heavy (non-hydrogen) atoms. The number of rotatable bonds is 14. The van der Waals surface area contributed by atoms with E-state index in [1.807, 2.05) is 18.2 Å². The van der Waals surface area contributed by atoms with Gasteiger partial charge in [0.2, 0.25) is 5.91 Å². The summed E-state index contributed by atoms with van der Waals surface area (Å²) in [6, 6.07) is 14.4. The Balaban J connectivity index is 0.999. The van der Waals surface area contributed by atoms with Crippen LogP contribution in [0.25, 0.3) is 0 Å². The minimum Gasteiger partial charge on any atom is -0.453 e. The van der Waals surface area contributed by atoms with Gasteiger partial charge in [-0.15, -0.1) is 0 Å². The number of carbonyl (C=O) groups excluding carboxylic acids is 2. The van der Waals surface area contributed by atoms with E-state index in [1.165, 1.54) is 25.7 Å². The highest BCUT2D eigenvalue weighted by Crippen LogP contribution is 2.51. The summed E-state index contributed by atoms with van der Waals surface area (Å²) in [5, 5.41) is 3.18. The SMILES string of the molecule is C=CC(=O)N1CCC[C@@H](CS(=O)(=O)c2ccc(N3CC(CN4CCC([C@@](CN5CCC5)(c5cccc(F)c5)[C@H]5CCC[C@@H]5NC(=O)OC)CC4)(OC)C3)cc2)C1. The quantitative estimate of drug-likeness (QED) is 0.261. The van der Waals surface area contributed by atoms with Crippen molar-refractivity contribution in [3.8, 4) is 0 Å². The van der Waals surface area contributed by atoms with E-state index in [0.29, 0.717) is 37.0 Å². The number of alkyl carbamates (subject to hydrolysis) is 1. The Labute approximate surface area is 332 Å². The number of amides is 2. The molecule has 0 bridgehead atoms. The highest BCUT2D eigenvalue weighted by Gasteiger charge is 2.54. The molecule has 4 aliphatic heterocycles. The standard InChI is InChI=1S/C43H60FN5O6S/c1-4-40(50)48-22-7-9-32(26-48)27-56(52,53)37-16-14-36(15-17-37)49-29-42(30-49,55-3)28-47-23-18-33(19-24-47)43(31-46-20-8-21-46,34-10-5-11-35(44)25-34)38-12-6-13-39(38)45-41(51)54-2/h4-5,10-11,14-17,25,32-33,38-39H,1,6-9,12-13,18-24,26-31H2,2-3H3,(H,45,51)/t32-,38+,39+,43+/m1/s1. The third-order valence-corrected chi connectivity index (χ3v) is 15.6. The molecule has 7 rings (SSSR count). The van der Waals surface area contributed by atoms with Crippen molar-refractivity contribution in [1.82, 2.24) is 20.0 Å². The van der Waals surface area contributed by atoms with Gasteiger partial charge in [0.05, 0.1) is 30.8 Å².